The lowest BCUT2D eigenvalue weighted by molar-refractivity contribution is 0.112. The molecule has 1 aliphatic rings. The molecule has 0 N–H and O–H groups in total. The quantitative estimate of drug-likeness (QED) is 0.652. The predicted octanol–water partition coefficient (Wildman–Crippen LogP) is 5.29. The average Bonchev–Trinajstić information content (AvgIpc) is 3.36. The molecule has 0 amide bonds. The van der Waals surface area contributed by atoms with E-state index >= 15 is 0 Å². The lowest BCUT2D eigenvalue weighted by Crippen LogP contribution is -2.06. The Morgan fingerprint density at radius 1 is 1.29 bits per heavy atom. The normalized spacial score (nSPS) is 14.9. The SMILES string of the molecule is Cc1c(C=O)c(/C(Cl)=C/Cc2ccc(F)cc2)n(CC2CC2)c1C. The number of halogens is 2. The molecule has 1 heterocycles. The molecule has 1 aliphatic carbocycles. The fourth-order valence-electron chi connectivity index (χ4n) is 3.00. The van der Waals surface area contributed by atoms with Gasteiger partial charge in [-0.05, 0) is 62.3 Å². The van der Waals surface area contributed by atoms with Gasteiger partial charge in [0.2, 0.25) is 0 Å². The number of nitrogens with zero attached hydrogens (tertiary/aromatic N) is 1. The van der Waals surface area contributed by atoms with Crippen molar-refractivity contribution < 1.29 is 9.18 Å². The molecule has 4 heteroatoms. The summed E-state index contributed by atoms with van der Waals surface area (Å²) in [4.78, 5) is 11.6. The zero-order valence-corrected chi connectivity index (χ0v) is 14.7. The van der Waals surface area contributed by atoms with E-state index in [-0.39, 0.29) is 5.82 Å². The highest BCUT2D eigenvalue weighted by molar-refractivity contribution is 6.49. The van der Waals surface area contributed by atoms with Crippen molar-refractivity contribution in [2.75, 3.05) is 0 Å². The third-order valence-corrected chi connectivity index (χ3v) is 5.12. The summed E-state index contributed by atoms with van der Waals surface area (Å²) in [6.07, 6.45) is 5.88. The van der Waals surface area contributed by atoms with Crippen LogP contribution >= 0.6 is 11.6 Å². The summed E-state index contributed by atoms with van der Waals surface area (Å²) < 4.78 is 15.2. The topological polar surface area (TPSA) is 22.0 Å². The van der Waals surface area contributed by atoms with Crippen molar-refractivity contribution in [2.45, 2.75) is 39.7 Å². The fourth-order valence-corrected chi connectivity index (χ4v) is 3.28. The van der Waals surface area contributed by atoms with E-state index in [0.717, 1.165) is 35.3 Å². The Hall–Kier alpha value is -1.87. The summed E-state index contributed by atoms with van der Waals surface area (Å²) in [6, 6.07) is 6.38. The van der Waals surface area contributed by atoms with Gasteiger partial charge in [0.25, 0.3) is 0 Å². The minimum Gasteiger partial charge on any atom is -0.343 e. The van der Waals surface area contributed by atoms with Crippen LogP contribution in [0, 0.1) is 25.6 Å². The van der Waals surface area contributed by atoms with Crippen LogP contribution in [0.3, 0.4) is 0 Å². The van der Waals surface area contributed by atoms with Crippen molar-refractivity contribution in [2.24, 2.45) is 5.92 Å². The second-order valence-corrected chi connectivity index (χ2v) is 6.93. The Kier molecular flexibility index (Phi) is 4.91. The molecule has 0 unspecified atom stereocenters. The van der Waals surface area contributed by atoms with Crippen molar-refractivity contribution in [3.63, 3.8) is 0 Å². The van der Waals surface area contributed by atoms with Crippen LogP contribution in [-0.2, 0) is 13.0 Å². The van der Waals surface area contributed by atoms with Gasteiger partial charge in [0.05, 0.1) is 10.7 Å². The van der Waals surface area contributed by atoms with Crippen molar-refractivity contribution in [3.05, 3.63) is 64.2 Å². The zero-order chi connectivity index (χ0) is 17.3. The van der Waals surface area contributed by atoms with Crippen LogP contribution in [0.1, 0.15) is 45.7 Å². The molecule has 0 aliphatic heterocycles. The van der Waals surface area contributed by atoms with E-state index in [1.807, 2.05) is 19.9 Å². The molecule has 0 bridgehead atoms. The highest BCUT2D eigenvalue weighted by atomic mass is 35.5. The Morgan fingerprint density at radius 2 is 1.96 bits per heavy atom. The van der Waals surface area contributed by atoms with Crippen molar-refractivity contribution in [1.29, 1.82) is 0 Å². The molecule has 2 nitrogen and oxygen atoms in total. The molecule has 1 saturated carbocycles. The van der Waals surface area contributed by atoms with Crippen LogP contribution in [0.25, 0.3) is 5.03 Å². The monoisotopic (exact) mass is 345 g/mol. The molecule has 1 aromatic heterocycles. The molecular weight excluding hydrogens is 325 g/mol. The van der Waals surface area contributed by atoms with Gasteiger partial charge in [0.15, 0.2) is 6.29 Å². The molecule has 24 heavy (non-hydrogen) atoms. The van der Waals surface area contributed by atoms with Crippen LogP contribution in [-0.4, -0.2) is 10.9 Å². The number of hydrogen-bond donors (Lipinski definition) is 0. The van der Waals surface area contributed by atoms with Gasteiger partial charge in [0, 0.05) is 17.8 Å². The number of aromatic nitrogens is 1. The minimum absolute atomic E-state index is 0.248. The second-order valence-electron chi connectivity index (χ2n) is 6.53. The maximum atomic E-state index is 13.0. The Balaban J connectivity index is 1.93. The lowest BCUT2D eigenvalue weighted by atomic mass is 10.1. The summed E-state index contributed by atoms with van der Waals surface area (Å²) in [7, 11) is 0. The Labute approximate surface area is 146 Å². The van der Waals surface area contributed by atoms with Crippen LogP contribution in [0.15, 0.2) is 30.3 Å². The van der Waals surface area contributed by atoms with E-state index in [1.54, 1.807) is 12.1 Å². The first-order valence-corrected chi connectivity index (χ1v) is 8.64. The van der Waals surface area contributed by atoms with Gasteiger partial charge in [-0.2, -0.15) is 0 Å². The second kappa shape index (κ2) is 6.94. The van der Waals surface area contributed by atoms with Gasteiger partial charge in [-0.15, -0.1) is 0 Å². The maximum absolute atomic E-state index is 13.0. The largest absolute Gasteiger partial charge is 0.343 e. The number of allylic oxidation sites excluding steroid dienone is 1. The van der Waals surface area contributed by atoms with Gasteiger partial charge in [0.1, 0.15) is 5.82 Å². The summed E-state index contributed by atoms with van der Waals surface area (Å²) in [6.45, 7) is 4.92. The molecule has 0 atom stereocenters. The fraction of sp³-hybridized carbons (Fsp3) is 0.350. The third-order valence-electron chi connectivity index (χ3n) is 4.79. The van der Waals surface area contributed by atoms with Gasteiger partial charge in [-0.3, -0.25) is 4.79 Å². The first-order chi connectivity index (χ1) is 11.5. The van der Waals surface area contributed by atoms with Crippen molar-refractivity contribution in [1.82, 2.24) is 4.57 Å². The Morgan fingerprint density at radius 3 is 2.54 bits per heavy atom. The van der Waals surface area contributed by atoms with Crippen molar-refractivity contribution in [3.8, 4) is 0 Å². The van der Waals surface area contributed by atoms with Crippen LogP contribution < -0.4 is 0 Å². The first-order valence-electron chi connectivity index (χ1n) is 8.26. The standard InChI is InChI=1S/C20H21ClFNO/c1-13-14(2)23(11-16-3-4-16)20(18(13)12-24)19(21)10-7-15-5-8-17(22)9-6-15/h5-6,8-10,12,16H,3-4,7,11H2,1-2H3/b19-10-. The number of carbonyl (C=O) groups excluding carboxylic acids is 1. The van der Waals surface area contributed by atoms with Crippen LogP contribution in [0.4, 0.5) is 4.39 Å². The number of carbonyl (C=O) groups is 1. The van der Waals surface area contributed by atoms with Crippen molar-refractivity contribution >= 4 is 22.9 Å². The summed E-state index contributed by atoms with van der Waals surface area (Å²) in [5.41, 5.74) is 4.57. The maximum Gasteiger partial charge on any atom is 0.152 e. The molecule has 126 valence electrons. The first kappa shape index (κ1) is 17.0. The van der Waals surface area contributed by atoms with Crippen LogP contribution in [0.5, 0.6) is 0 Å². The van der Waals surface area contributed by atoms with Gasteiger partial charge in [-0.1, -0.05) is 29.8 Å². The van der Waals surface area contributed by atoms with E-state index in [2.05, 4.69) is 4.57 Å². The molecule has 3 rings (SSSR count). The van der Waals surface area contributed by atoms with Crippen LogP contribution in [0.2, 0.25) is 0 Å². The molecule has 0 radical (unpaired) electrons. The van der Waals surface area contributed by atoms with E-state index in [4.69, 9.17) is 11.6 Å². The molecule has 1 fully saturated rings. The molecule has 0 saturated heterocycles. The summed E-state index contributed by atoms with van der Waals surface area (Å²) in [5.74, 6) is 0.442. The van der Waals surface area contributed by atoms with E-state index in [1.165, 1.54) is 25.0 Å². The third kappa shape index (κ3) is 3.46. The highest BCUT2D eigenvalue weighted by Gasteiger charge is 2.26. The van der Waals surface area contributed by atoms with E-state index < -0.39 is 0 Å². The van der Waals surface area contributed by atoms with E-state index in [9.17, 15) is 9.18 Å². The van der Waals surface area contributed by atoms with E-state index in [0.29, 0.717) is 22.9 Å². The number of hydrogen-bond acceptors (Lipinski definition) is 1. The van der Waals surface area contributed by atoms with Gasteiger partial charge in [-0.25, -0.2) is 4.39 Å². The predicted molar refractivity (Wildman–Crippen MR) is 96.0 cm³/mol. The summed E-state index contributed by atoms with van der Waals surface area (Å²) in [5, 5.41) is 0.582. The molecule has 1 aromatic carbocycles. The number of benzene rings is 1. The summed E-state index contributed by atoms with van der Waals surface area (Å²) >= 11 is 6.57. The smallest absolute Gasteiger partial charge is 0.152 e. The Bertz CT molecular complexity index is 785. The molecule has 0 spiro atoms. The number of aldehydes is 1. The zero-order valence-electron chi connectivity index (χ0n) is 14.0. The number of rotatable bonds is 6. The minimum atomic E-state index is -0.248. The molecular formula is C20H21ClFNO. The highest BCUT2D eigenvalue weighted by Crippen LogP contribution is 2.36. The van der Waals surface area contributed by atoms with Gasteiger partial charge >= 0.3 is 0 Å². The average molecular weight is 346 g/mol. The lowest BCUT2D eigenvalue weighted by Gasteiger charge is -2.11. The molecule has 2 aromatic rings. The van der Waals surface area contributed by atoms with Gasteiger partial charge < -0.3 is 4.57 Å².